The van der Waals surface area contributed by atoms with Crippen LogP contribution in [0.5, 0.6) is 0 Å². The molecule has 2 rings (SSSR count). The molecule has 0 fully saturated rings. The van der Waals surface area contributed by atoms with E-state index in [9.17, 15) is 0 Å². The van der Waals surface area contributed by atoms with Gasteiger partial charge in [-0.25, -0.2) is 0 Å². The fourth-order valence-electron chi connectivity index (χ4n) is 1.10. The number of halogens is 2. The van der Waals surface area contributed by atoms with Gasteiger partial charge in [-0.15, -0.1) is 11.3 Å². The number of nitrogens with two attached hydrogens (primary N) is 1. The minimum absolute atomic E-state index is 0.893. The zero-order valence-corrected chi connectivity index (χ0v) is 11.1. The van der Waals surface area contributed by atoms with Gasteiger partial charge in [0.05, 0.1) is 10.4 Å². The lowest BCUT2D eigenvalue weighted by Gasteiger charge is -1.97. The van der Waals surface area contributed by atoms with Gasteiger partial charge in [0.25, 0.3) is 0 Å². The Morgan fingerprint density at radius 3 is 2.75 bits per heavy atom. The van der Waals surface area contributed by atoms with Crippen LogP contribution in [0.4, 0.5) is 5.69 Å². The summed E-state index contributed by atoms with van der Waals surface area (Å²) in [7, 11) is 0. The normalized spacial score (nSPS) is 10.8. The largest absolute Gasteiger partial charge is 0.398 e. The van der Waals surface area contributed by atoms with E-state index in [0.717, 1.165) is 5.69 Å². The molecule has 62 valence electrons. The number of hydrogen-bond donors (Lipinski definition) is 1. The summed E-state index contributed by atoms with van der Waals surface area (Å²) in [6.45, 7) is 0. The zero-order chi connectivity index (χ0) is 8.72. The minimum atomic E-state index is 0.893. The molecule has 0 saturated carbocycles. The Labute approximate surface area is 102 Å². The number of benzene rings is 1. The number of fused-ring (bicyclic) bond motifs is 1. The van der Waals surface area contributed by atoms with E-state index >= 15 is 0 Å². The summed E-state index contributed by atoms with van der Waals surface area (Å²) < 4.78 is 3.70. The van der Waals surface area contributed by atoms with Gasteiger partial charge in [-0.1, -0.05) is 0 Å². The van der Waals surface area contributed by atoms with Gasteiger partial charge in [0, 0.05) is 17.9 Å². The van der Waals surface area contributed by atoms with Gasteiger partial charge in [0.2, 0.25) is 0 Å². The monoisotopic (exact) mass is 401 g/mol. The van der Waals surface area contributed by atoms with Gasteiger partial charge < -0.3 is 5.73 Å². The van der Waals surface area contributed by atoms with E-state index in [1.165, 1.54) is 17.2 Å². The number of thiophene rings is 1. The molecule has 0 aliphatic carbocycles. The molecule has 0 unspecified atom stereocenters. The van der Waals surface area contributed by atoms with Crippen LogP contribution in [0.15, 0.2) is 17.5 Å². The average molecular weight is 401 g/mol. The first-order chi connectivity index (χ1) is 5.68. The molecular formula is C8H5I2NS. The van der Waals surface area contributed by atoms with Crippen LogP contribution in [0.3, 0.4) is 0 Å². The van der Waals surface area contributed by atoms with Crippen LogP contribution in [0.25, 0.3) is 10.1 Å². The first-order valence-corrected chi connectivity index (χ1v) is 6.34. The molecule has 1 aromatic carbocycles. The highest BCUT2D eigenvalue weighted by Crippen LogP contribution is 2.33. The van der Waals surface area contributed by atoms with Crippen molar-refractivity contribution in [1.29, 1.82) is 0 Å². The maximum absolute atomic E-state index is 5.87. The number of anilines is 1. The van der Waals surface area contributed by atoms with Crippen molar-refractivity contribution in [3.05, 3.63) is 24.7 Å². The van der Waals surface area contributed by atoms with Gasteiger partial charge in [-0.2, -0.15) is 0 Å². The molecule has 1 nitrogen and oxygen atoms in total. The predicted molar refractivity (Wildman–Crippen MR) is 71.7 cm³/mol. The lowest BCUT2D eigenvalue weighted by molar-refractivity contribution is 1.72. The lowest BCUT2D eigenvalue weighted by Crippen LogP contribution is -1.85. The third kappa shape index (κ3) is 1.44. The van der Waals surface area contributed by atoms with Crippen molar-refractivity contribution in [2.75, 3.05) is 5.73 Å². The molecule has 4 heteroatoms. The molecule has 0 bridgehead atoms. The summed E-state index contributed by atoms with van der Waals surface area (Å²) in [5.74, 6) is 0. The highest BCUT2D eigenvalue weighted by Gasteiger charge is 2.04. The first kappa shape index (κ1) is 9.01. The van der Waals surface area contributed by atoms with Crippen molar-refractivity contribution in [3.63, 3.8) is 0 Å². The second kappa shape index (κ2) is 3.30. The van der Waals surface area contributed by atoms with Crippen LogP contribution in [0.2, 0.25) is 0 Å². The second-order valence-corrected chi connectivity index (χ2v) is 5.74. The van der Waals surface area contributed by atoms with E-state index < -0.39 is 0 Å². The van der Waals surface area contributed by atoms with E-state index in [0.29, 0.717) is 0 Å². The summed E-state index contributed by atoms with van der Waals surface area (Å²) in [6.07, 6.45) is 0. The van der Waals surface area contributed by atoms with Crippen molar-refractivity contribution < 1.29 is 0 Å². The van der Waals surface area contributed by atoms with Crippen molar-refractivity contribution >= 4 is 72.3 Å². The summed E-state index contributed by atoms with van der Waals surface area (Å²) in [5, 5.41) is 3.42. The maximum atomic E-state index is 5.87. The predicted octanol–water partition coefficient (Wildman–Crippen LogP) is 3.69. The Morgan fingerprint density at radius 2 is 2.00 bits per heavy atom. The maximum Gasteiger partial charge on any atom is 0.0583 e. The Kier molecular flexibility index (Phi) is 2.48. The van der Waals surface area contributed by atoms with E-state index in [2.05, 4.69) is 56.6 Å². The molecule has 0 atom stereocenters. The van der Waals surface area contributed by atoms with Crippen LogP contribution in [0.1, 0.15) is 0 Å². The molecular weight excluding hydrogens is 396 g/mol. The second-order valence-electron chi connectivity index (χ2n) is 2.46. The van der Waals surface area contributed by atoms with Crippen LogP contribution < -0.4 is 5.73 Å². The van der Waals surface area contributed by atoms with Crippen LogP contribution in [-0.2, 0) is 0 Å². The van der Waals surface area contributed by atoms with Gasteiger partial charge >= 0.3 is 0 Å². The molecule has 1 heterocycles. The van der Waals surface area contributed by atoms with Crippen molar-refractivity contribution in [1.82, 2.24) is 0 Å². The van der Waals surface area contributed by atoms with E-state index in [1.807, 2.05) is 6.07 Å². The van der Waals surface area contributed by atoms with Gasteiger partial charge in [-0.05, 0) is 57.3 Å². The number of nitrogen functional groups attached to an aromatic ring is 1. The van der Waals surface area contributed by atoms with Crippen LogP contribution in [0, 0.1) is 7.14 Å². The van der Waals surface area contributed by atoms with Crippen LogP contribution >= 0.6 is 56.5 Å². The average Bonchev–Trinajstić information content (AvgIpc) is 2.33. The molecule has 1 aromatic heterocycles. The highest BCUT2D eigenvalue weighted by atomic mass is 127. The molecule has 0 radical (unpaired) electrons. The molecule has 2 N–H and O–H groups in total. The number of hydrogen-bond acceptors (Lipinski definition) is 2. The Bertz CT molecular complexity index is 436. The first-order valence-electron chi connectivity index (χ1n) is 3.30. The fraction of sp³-hybridized carbons (Fsp3) is 0. The lowest BCUT2D eigenvalue weighted by atomic mass is 10.2. The third-order valence-corrected chi connectivity index (χ3v) is 4.60. The highest BCUT2D eigenvalue weighted by molar-refractivity contribution is 14.1. The molecule has 0 amide bonds. The Morgan fingerprint density at radius 1 is 1.25 bits per heavy atom. The van der Waals surface area contributed by atoms with Crippen molar-refractivity contribution in [2.45, 2.75) is 0 Å². The van der Waals surface area contributed by atoms with E-state index in [1.54, 1.807) is 11.3 Å². The van der Waals surface area contributed by atoms with E-state index in [-0.39, 0.29) is 0 Å². The van der Waals surface area contributed by atoms with E-state index in [4.69, 9.17) is 5.73 Å². The topological polar surface area (TPSA) is 26.0 Å². The smallest absolute Gasteiger partial charge is 0.0583 e. The SMILES string of the molecule is Nc1cc(I)cc2c(I)csc12. The third-order valence-electron chi connectivity index (χ3n) is 1.62. The standard InChI is InChI=1S/C8H5I2NS/c9-4-1-5-6(10)3-12-8(5)7(11)2-4/h1-3H,11H2. The molecule has 0 saturated heterocycles. The Balaban J connectivity index is 2.92. The Hall–Kier alpha value is 0.440. The number of rotatable bonds is 0. The molecule has 0 aliphatic heterocycles. The van der Waals surface area contributed by atoms with Gasteiger partial charge in [0.15, 0.2) is 0 Å². The molecule has 2 aromatic rings. The van der Waals surface area contributed by atoms with Crippen molar-refractivity contribution in [3.8, 4) is 0 Å². The summed E-state index contributed by atoms with van der Waals surface area (Å²) in [6, 6.07) is 4.18. The molecule has 0 spiro atoms. The summed E-state index contributed by atoms with van der Waals surface area (Å²) in [5.41, 5.74) is 6.77. The van der Waals surface area contributed by atoms with Gasteiger partial charge in [-0.3, -0.25) is 0 Å². The summed E-state index contributed by atoms with van der Waals surface area (Å²) >= 11 is 6.34. The quantitative estimate of drug-likeness (QED) is 0.529. The molecule has 12 heavy (non-hydrogen) atoms. The fourth-order valence-corrected chi connectivity index (χ4v) is 3.57. The minimum Gasteiger partial charge on any atom is -0.398 e. The van der Waals surface area contributed by atoms with Gasteiger partial charge in [0.1, 0.15) is 0 Å². The summed E-state index contributed by atoms with van der Waals surface area (Å²) in [4.78, 5) is 0. The van der Waals surface area contributed by atoms with Crippen molar-refractivity contribution in [2.24, 2.45) is 0 Å². The molecule has 0 aliphatic rings. The van der Waals surface area contributed by atoms with Crippen LogP contribution in [-0.4, -0.2) is 0 Å². The zero-order valence-electron chi connectivity index (χ0n) is 5.97.